The first kappa shape index (κ1) is 18.7. The summed E-state index contributed by atoms with van der Waals surface area (Å²) in [5, 5.41) is 8.67. The van der Waals surface area contributed by atoms with E-state index in [0.29, 0.717) is 24.3 Å². The average molecular weight is 371 g/mol. The molecule has 0 aromatic carbocycles. The fourth-order valence-corrected chi connectivity index (χ4v) is 5.12. The molecule has 5 nitrogen and oxygen atoms in total. The third-order valence-electron chi connectivity index (χ3n) is 6.57. The predicted molar refractivity (Wildman–Crippen MR) is 108 cm³/mol. The highest BCUT2D eigenvalue weighted by Gasteiger charge is 2.32. The second kappa shape index (κ2) is 8.59. The Bertz CT molecular complexity index is 668. The molecule has 3 aliphatic rings. The lowest BCUT2D eigenvalue weighted by molar-refractivity contribution is 0.0716. The number of carbonyl (C=O) groups excluding carboxylic acids is 1. The zero-order valence-corrected chi connectivity index (χ0v) is 16.6. The number of carbonyl (C=O) groups is 1. The van der Waals surface area contributed by atoms with Gasteiger partial charge < -0.3 is 10.2 Å². The van der Waals surface area contributed by atoms with E-state index in [1.807, 2.05) is 15.7 Å². The maximum atomic E-state index is 13.2. The Labute approximate surface area is 163 Å². The van der Waals surface area contributed by atoms with E-state index in [2.05, 4.69) is 11.9 Å². The summed E-state index contributed by atoms with van der Waals surface area (Å²) >= 11 is 0. The number of amides is 1. The molecule has 1 aromatic rings. The maximum Gasteiger partial charge on any atom is 0.274 e. The molecule has 2 fully saturated rings. The Hall–Kier alpha value is -1.62. The third kappa shape index (κ3) is 4.13. The van der Waals surface area contributed by atoms with Gasteiger partial charge in [0, 0.05) is 36.4 Å². The second-order valence-corrected chi connectivity index (χ2v) is 8.54. The first-order valence-electron chi connectivity index (χ1n) is 11.0. The molecular formula is C22H34N4O. The van der Waals surface area contributed by atoms with E-state index < -0.39 is 0 Å². The first-order chi connectivity index (χ1) is 13.3. The summed E-state index contributed by atoms with van der Waals surface area (Å²) in [7, 11) is 0. The Morgan fingerprint density at radius 3 is 2.56 bits per heavy atom. The molecule has 4 rings (SSSR count). The van der Waals surface area contributed by atoms with E-state index in [9.17, 15) is 4.79 Å². The lowest BCUT2D eigenvalue weighted by Crippen LogP contribution is -2.43. The molecule has 27 heavy (non-hydrogen) atoms. The number of fused-ring (bicyclic) bond motifs is 1. The first-order valence-corrected chi connectivity index (χ1v) is 11.0. The van der Waals surface area contributed by atoms with Crippen LogP contribution in [0.2, 0.25) is 0 Å². The van der Waals surface area contributed by atoms with Gasteiger partial charge >= 0.3 is 0 Å². The Kier molecular flexibility index (Phi) is 5.96. The summed E-state index contributed by atoms with van der Waals surface area (Å²) in [4.78, 5) is 15.2. The number of allylic oxidation sites excluding steroid dienone is 1. The molecule has 5 heteroatoms. The molecule has 0 bridgehead atoms. The summed E-state index contributed by atoms with van der Waals surface area (Å²) in [6, 6.07) is 1.14. The van der Waals surface area contributed by atoms with Crippen LogP contribution in [0.4, 0.5) is 0 Å². The average Bonchev–Trinajstić information content (AvgIpc) is 3.07. The number of hydrogen-bond donors (Lipinski definition) is 1. The molecule has 0 radical (unpaired) electrons. The van der Waals surface area contributed by atoms with E-state index >= 15 is 0 Å². The van der Waals surface area contributed by atoms with Crippen molar-refractivity contribution in [2.45, 2.75) is 89.3 Å². The molecular weight excluding hydrogens is 336 g/mol. The molecule has 1 N–H and O–H groups in total. The van der Waals surface area contributed by atoms with Crippen LogP contribution in [-0.4, -0.2) is 45.8 Å². The maximum absolute atomic E-state index is 13.2. The van der Waals surface area contributed by atoms with Crippen LogP contribution in [0.25, 0.3) is 0 Å². The zero-order valence-electron chi connectivity index (χ0n) is 16.6. The Morgan fingerprint density at radius 1 is 1.07 bits per heavy atom. The van der Waals surface area contributed by atoms with E-state index in [4.69, 9.17) is 5.10 Å². The lowest BCUT2D eigenvalue weighted by atomic mass is 9.88. The molecule has 1 amide bonds. The fraction of sp³-hybridized carbons (Fsp3) is 0.727. The summed E-state index contributed by atoms with van der Waals surface area (Å²) in [5.41, 5.74) is 3.17. The number of likely N-dealkylation sites (tertiary alicyclic amines) is 1. The SMILES string of the molecule is C=CCn1nc(C(=O)N2CCCCC2)c2c1CCC(NC1CCCCC1)C2. The summed E-state index contributed by atoms with van der Waals surface area (Å²) in [6.45, 7) is 6.32. The van der Waals surface area contributed by atoms with Crippen molar-refractivity contribution in [2.75, 3.05) is 13.1 Å². The van der Waals surface area contributed by atoms with E-state index in [0.717, 1.165) is 45.2 Å². The van der Waals surface area contributed by atoms with Crippen LogP contribution < -0.4 is 5.32 Å². The molecule has 2 heterocycles. The topological polar surface area (TPSA) is 50.2 Å². The van der Waals surface area contributed by atoms with Crippen LogP contribution in [0.15, 0.2) is 12.7 Å². The molecule has 1 aromatic heterocycles. The minimum absolute atomic E-state index is 0.145. The normalized spacial score (nSPS) is 23.9. The van der Waals surface area contributed by atoms with Crippen LogP contribution in [0.3, 0.4) is 0 Å². The Morgan fingerprint density at radius 2 is 1.81 bits per heavy atom. The van der Waals surface area contributed by atoms with Gasteiger partial charge in [-0.2, -0.15) is 5.10 Å². The van der Waals surface area contributed by atoms with Crippen LogP contribution in [0.1, 0.15) is 79.5 Å². The third-order valence-corrected chi connectivity index (χ3v) is 6.57. The van der Waals surface area contributed by atoms with E-state index in [-0.39, 0.29) is 5.91 Å². The highest BCUT2D eigenvalue weighted by Crippen LogP contribution is 2.28. The number of hydrogen-bond acceptors (Lipinski definition) is 3. The quantitative estimate of drug-likeness (QED) is 0.808. The van der Waals surface area contributed by atoms with Crippen LogP contribution in [0.5, 0.6) is 0 Å². The zero-order chi connectivity index (χ0) is 18.6. The number of rotatable bonds is 5. The van der Waals surface area contributed by atoms with Crippen molar-refractivity contribution in [2.24, 2.45) is 0 Å². The van der Waals surface area contributed by atoms with Crippen molar-refractivity contribution in [3.63, 3.8) is 0 Å². The predicted octanol–water partition coefficient (Wildman–Crippen LogP) is 3.47. The van der Waals surface area contributed by atoms with Crippen molar-refractivity contribution < 1.29 is 4.79 Å². The number of piperidine rings is 1. The number of nitrogens with zero attached hydrogens (tertiary/aromatic N) is 3. The molecule has 1 aliphatic heterocycles. The minimum Gasteiger partial charge on any atom is -0.337 e. The van der Waals surface area contributed by atoms with E-state index in [1.54, 1.807) is 0 Å². The number of aromatic nitrogens is 2. The van der Waals surface area contributed by atoms with Gasteiger partial charge in [0.25, 0.3) is 5.91 Å². The monoisotopic (exact) mass is 370 g/mol. The van der Waals surface area contributed by atoms with Gasteiger partial charge in [-0.25, -0.2) is 0 Å². The second-order valence-electron chi connectivity index (χ2n) is 8.54. The highest BCUT2D eigenvalue weighted by molar-refractivity contribution is 5.94. The molecule has 1 saturated carbocycles. The summed E-state index contributed by atoms with van der Waals surface area (Å²) < 4.78 is 2.02. The molecule has 1 unspecified atom stereocenters. The molecule has 1 atom stereocenters. The van der Waals surface area contributed by atoms with Gasteiger partial charge in [-0.15, -0.1) is 6.58 Å². The minimum atomic E-state index is 0.145. The molecule has 1 saturated heterocycles. The Balaban J connectivity index is 1.53. The van der Waals surface area contributed by atoms with Crippen LogP contribution in [-0.2, 0) is 19.4 Å². The van der Waals surface area contributed by atoms with Crippen molar-refractivity contribution in [1.29, 1.82) is 0 Å². The van der Waals surface area contributed by atoms with E-state index in [1.165, 1.54) is 49.8 Å². The fourth-order valence-electron chi connectivity index (χ4n) is 5.12. The van der Waals surface area contributed by atoms with Gasteiger partial charge in [-0.1, -0.05) is 25.3 Å². The standard InChI is InChI=1S/C22H34N4O/c1-2-13-26-20-12-11-18(23-17-9-5-3-6-10-17)16-19(20)21(24-26)22(27)25-14-7-4-8-15-25/h2,17-18,23H,1,3-16H2. The van der Waals surface area contributed by atoms with Crippen molar-refractivity contribution in [3.05, 3.63) is 29.6 Å². The van der Waals surface area contributed by atoms with Gasteiger partial charge in [0.2, 0.25) is 0 Å². The van der Waals surface area contributed by atoms with Crippen molar-refractivity contribution in [1.82, 2.24) is 20.0 Å². The lowest BCUT2D eigenvalue weighted by Gasteiger charge is -2.31. The summed E-state index contributed by atoms with van der Waals surface area (Å²) in [5.74, 6) is 0.145. The summed E-state index contributed by atoms with van der Waals surface area (Å²) in [6.07, 6.45) is 15.1. The van der Waals surface area contributed by atoms with Crippen LogP contribution >= 0.6 is 0 Å². The van der Waals surface area contributed by atoms with Crippen LogP contribution in [0, 0.1) is 0 Å². The van der Waals surface area contributed by atoms with Gasteiger partial charge in [0.05, 0.1) is 6.54 Å². The van der Waals surface area contributed by atoms with Gasteiger partial charge in [-0.3, -0.25) is 9.48 Å². The van der Waals surface area contributed by atoms with Gasteiger partial charge in [-0.05, 0) is 51.4 Å². The van der Waals surface area contributed by atoms with Gasteiger partial charge in [0.1, 0.15) is 0 Å². The molecule has 2 aliphatic carbocycles. The smallest absolute Gasteiger partial charge is 0.274 e. The van der Waals surface area contributed by atoms with Gasteiger partial charge in [0.15, 0.2) is 5.69 Å². The largest absolute Gasteiger partial charge is 0.337 e. The molecule has 148 valence electrons. The number of nitrogens with one attached hydrogen (secondary N) is 1. The van der Waals surface area contributed by atoms with Crippen molar-refractivity contribution in [3.8, 4) is 0 Å². The molecule has 0 spiro atoms. The highest BCUT2D eigenvalue weighted by atomic mass is 16.2. The van der Waals surface area contributed by atoms with Crippen molar-refractivity contribution >= 4 is 5.91 Å².